The molecule has 3 rings (SSSR count). The number of fused-ring (bicyclic) bond motifs is 1. The van der Waals surface area contributed by atoms with Gasteiger partial charge in [-0.25, -0.2) is 0 Å². The van der Waals surface area contributed by atoms with Crippen molar-refractivity contribution >= 4 is 10.9 Å². The van der Waals surface area contributed by atoms with Crippen LogP contribution in [0.15, 0.2) is 41.2 Å². The first-order chi connectivity index (χ1) is 11.6. The van der Waals surface area contributed by atoms with Crippen molar-refractivity contribution in [2.24, 2.45) is 0 Å². The summed E-state index contributed by atoms with van der Waals surface area (Å²) in [6, 6.07) is 10.1. The van der Waals surface area contributed by atoms with E-state index in [-0.39, 0.29) is 11.3 Å². The SMILES string of the molecule is COc1ccc(-c2c(O)c3ccc(OC)cc3[nH]c2=O)c(OC)c1. The van der Waals surface area contributed by atoms with E-state index in [4.69, 9.17) is 14.2 Å². The summed E-state index contributed by atoms with van der Waals surface area (Å²) < 4.78 is 15.6. The Kier molecular flexibility index (Phi) is 4.04. The minimum Gasteiger partial charge on any atom is -0.506 e. The van der Waals surface area contributed by atoms with Crippen LogP contribution in [0.3, 0.4) is 0 Å². The fraction of sp³-hybridized carbons (Fsp3) is 0.167. The number of ether oxygens (including phenoxy) is 3. The van der Waals surface area contributed by atoms with E-state index in [1.807, 2.05) is 0 Å². The monoisotopic (exact) mass is 327 g/mol. The Morgan fingerprint density at radius 1 is 0.917 bits per heavy atom. The predicted octanol–water partition coefficient (Wildman–Crippen LogP) is 2.93. The average molecular weight is 327 g/mol. The number of nitrogens with one attached hydrogen (secondary N) is 1. The van der Waals surface area contributed by atoms with Crippen molar-refractivity contribution in [1.29, 1.82) is 0 Å². The Labute approximate surface area is 138 Å². The van der Waals surface area contributed by atoms with E-state index in [0.29, 0.717) is 33.7 Å². The zero-order chi connectivity index (χ0) is 17.3. The molecule has 1 aromatic heterocycles. The van der Waals surface area contributed by atoms with Gasteiger partial charge in [0.25, 0.3) is 5.56 Å². The van der Waals surface area contributed by atoms with Crippen molar-refractivity contribution in [1.82, 2.24) is 4.98 Å². The van der Waals surface area contributed by atoms with E-state index in [1.165, 1.54) is 14.2 Å². The van der Waals surface area contributed by atoms with Crippen LogP contribution in [0.5, 0.6) is 23.0 Å². The smallest absolute Gasteiger partial charge is 0.260 e. The maximum Gasteiger partial charge on any atom is 0.260 e. The second-order valence-corrected chi connectivity index (χ2v) is 5.16. The van der Waals surface area contributed by atoms with E-state index >= 15 is 0 Å². The van der Waals surface area contributed by atoms with Crippen molar-refractivity contribution in [3.05, 3.63) is 46.8 Å². The number of methoxy groups -OCH3 is 3. The zero-order valence-electron chi connectivity index (χ0n) is 13.5. The average Bonchev–Trinajstić information content (AvgIpc) is 2.61. The van der Waals surface area contributed by atoms with Crippen molar-refractivity contribution in [3.8, 4) is 34.1 Å². The Morgan fingerprint density at radius 3 is 2.25 bits per heavy atom. The second-order valence-electron chi connectivity index (χ2n) is 5.16. The summed E-state index contributed by atoms with van der Waals surface area (Å²) in [4.78, 5) is 15.3. The second kappa shape index (κ2) is 6.16. The highest BCUT2D eigenvalue weighted by Crippen LogP contribution is 2.39. The third-order valence-electron chi connectivity index (χ3n) is 3.87. The number of benzene rings is 2. The van der Waals surface area contributed by atoms with E-state index in [0.717, 1.165) is 0 Å². The number of hydrogen-bond donors (Lipinski definition) is 2. The van der Waals surface area contributed by atoms with Gasteiger partial charge in [-0.15, -0.1) is 0 Å². The van der Waals surface area contributed by atoms with Gasteiger partial charge in [-0.3, -0.25) is 4.79 Å². The molecule has 2 N–H and O–H groups in total. The molecule has 0 saturated heterocycles. The molecule has 0 aliphatic heterocycles. The van der Waals surface area contributed by atoms with Gasteiger partial charge >= 0.3 is 0 Å². The minimum atomic E-state index is -0.420. The van der Waals surface area contributed by atoms with Crippen LogP contribution in [0.2, 0.25) is 0 Å². The first-order valence-electron chi connectivity index (χ1n) is 7.24. The van der Waals surface area contributed by atoms with Gasteiger partial charge in [0.05, 0.1) is 32.4 Å². The van der Waals surface area contributed by atoms with E-state index in [9.17, 15) is 9.90 Å². The zero-order valence-corrected chi connectivity index (χ0v) is 13.5. The van der Waals surface area contributed by atoms with Crippen LogP contribution in [0.4, 0.5) is 0 Å². The number of pyridine rings is 1. The molecular weight excluding hydrogens is 310 g/mol. The molecule has 0 aliphatic rings. The summed E-state index contributed by atoms with van der Waals surface area (Å²) in [5.74, 6) is 1.51. The maximum absolute atomic E-state index is 12.5. The summed E-state index contributed by atoms with van der Waals surface area (Å²) in [7, 11) is 4.58. The largest absolute Gasteiger partial charge is 0.506 e. The molecule has 124 valence electrons. The minimum absolute atomic E-state index is 0.111. The highest BCUT2D eigenvalue weighted by Gasteiger charge is 2.18. The summed E-state index contributed by atoms with van der Waals surface area (Å²) in [5.41, 5.74) is 0.701. The van der Waals surface area contributed by atoms with Crippen LogP contribution in [0.1, 0.15) is 0 Å². The van der Waals surface area contributed by atoms with Gasteiger partial charge in [0.15, 0.2) is 0 Å². The quantitative estimate of drug-likeness (QED) is 0.770. The van der Waals surface area contributed by atoms with Crippen LogP contribution >= 0.6 is 0 Å². The topological polar surface area (TPSA) is 80.8 Å². The number of aromatic hydroxyl groups is 1. The molecule has 0 saturated carbocycles. The fourth-order valence-electron chi connectivity index (χ4n) is 2.64. The third kappa shape index (κ3) is 2.52. The molecule has 2 aromatic carbocycles. The normalized spacial score (nSPS) is 10.6. The summed E-state index contributed by atoms with van der Waals surface area (Å²) in [6.45, 7) is 0. The number of rotatable bonds is 4. The van der Waals surface area contributed by atoms with Crippen LogP contribution in [-0.2, 0) is 0 Å². The molecule has 3 aromatic rings. The molecule has 6 heteroatoms. The number of aromatic nitrogens is 1. The molecule has 0 bridgehead atoms. The molecule has 0 radical (unpaired) electrons. The molecule has 0 atom stereocenters. The lowest BCUT2D eigenvalue weighted by atomic mass is 10.0. The van der Waals surface area contributed by atoms with E-state index < -0.39 is 5.56 Å². The molecule has 6 nitrogen and oxygen atoms in total. The molecule has 1 heterocycles. The van der Waals surface area contributed by atoms with E-state index in [1.54, 1.807) is 43.5 Å². The highest BCUT2D eigenvalue weighted by atomic mass is 16.5. The third-order valence-corrected chi connectivity index (χ3v) is 3.87. The lowest BCUT2D eigenvalue weighted by Gasteiger charge is -2.13. The van der Waals surface area contributed by atoms with Crippen molar-refractivity contribution < 1.29 is 19.3 Å². The van der Waals surface area contributed by atoms with Gasteiger partial charge in [0, 0.05) is 23.1 Å². The first kappa shape index (κ1) is 15.7. The molecular formula is C18H17NO5. The van der Waals surface area contributed by atoms with Gasteiger partial charge in [-0.05, 0) is 24.3 Å². The molecule has 0 fully saturated rings. The Hall–Kier alpha value is -3.15. The van der Waals surface area contributed by atoms with Crippen LogP contribution < -0.4 is 19.8 Å². The molecule has 0 aliphatic carbocycles. The maximum atomic E-state index is 12.5. The molecule has 0 unspecified atom stereocenters. The molecule has 24 heavy (non-hydrogen) atoms. The van der Waals surface area contributed by atoms with Gasteiger partial charge in [-0.1, -0.05) is 0 Å². The molecule has 0 amide bonds. The number of aromatic amines is 1. The first-order valence-corrected chi connectivity index (χ1v) is 7.24. The van der Waals surface area contributed by atoms with Gasteiger partial charge in [0.2, 0.25) is 0 Å². The predicted molar refractivity (Wildman–Crippen MR) is 91.3 cm³/mol. The van der Waals surface area contributed by atoms with Gasteiger partial charge < -0.3 is 24.3 Å². The van der Waals surface area contributed by atoms with Gasteiger partial charge in [-0.2, -0.15) is 0 Å². The summed E-state index contributed by atoms with van der Waals surface area (Å²) in [6.07, 6.45) is 0. The lowest BCUT2D eigenvalue weighted by Crippen LogP contribution is -2.10. The molecule has 0 spiro atoms. The Morgan fingerprint density at radius 2 is 1.58 bits per heavy atom. The van der Waals surface area contributed by atoms with Gasteiger partial charge in [0.1, 0.15) is 23.0 Å². The van der Waals surface area contributed by atoms with Crippen molar-refractivity contribution in [2.75, 3.05) is 21.3 Å². The van der Waals surface area contributed by atoms with Crippen LogP contribution in [0, 0.1) is 0 Å². The fourth-order valence-corrected chi connectivity index (χ4v) is 2.64. The summed E-state index contributed by atoms with van der Waals surface area (Å²) >= 11 is 0. The Bertz CT molecular complexity index is 962. The van der Waals surface area contributed by atoms with Crippen molar-refractivity contribution in [2.45, 2.75) is 0 Å². The number of hydrogen-bond acceptors (Lipinski definition) is 5. The Balaban J connectivity index is 2.29. The lowest BCUT2D eigenvalue weighted by molar-refractivity contribution is 0.395. The van der Waals surface area contributed by atoms with Crippen molar-refractivity contribution in [3.63, 3.8) is 0 Å². The van der Waals surface area contributed by atoms with Crippen LogP contribution in [-0.4, -0.2) is 31.4 Å². The summed E-state index contributed by atoms with van der Waals surface area (Å²) in [5, 5.41) is 11.2. The highest BCUT2D eigenvalue weighted by molar-refractivity contribution is 5.93. The number of H-pyrrole nitrogens is 1. The van der Waals surface area contributed by atoms with E-state index in [2.05, 4.69) is 4.98 Å². The van der Waals surface area contributed by atoms with Crippen LogP contribution in [0.25, 0.3) is 22.0 Å². The standard InChI is InChI=1S/C18H17NO5/c1-22-10-4-6-12-14(8-10)19-18(21)16(17(12)20)13-7-5-11(23-2)9-15(13)24-3/h4-9H,1-3H3,(H2,19,20,21).